The van der Waals surface area contributed by atoms with E-state index < -0.39 is 0 Å². The molecule has 5 nitrogen and oxygen atoms in total. The second kappa shape index (κ2) is 7.58. The summed E-state index contributed by atoms with van der Waals surface area (Å²) in [6.45, 7) is 4.02. The predicted octanol–water partition coefficient (Wildman–Crippen LogP) is 2.84. The van der Waals surface area contributed by atoms with Gasteiger partial charge in [-0.05, 0) is 43.9 Å². The summed E-state index contributed by atoms with van der Waals surface area (Å²) < 4.78 is 19.7. The molecule has 6 heteroatoms. The van der Waals surface area contributed by atoms with Gasteiger partial charge >= 0.3 is 0 Å². The van der Waals surface area contributed by atoms with Crippen molar-refractivity contribution in [2.45, 2.75) is 31.8 Å². The molecule has 1 amide bonds. The molecule has 2 aliphatic rings. The van der Waals surface area contributed by atoms with Crippen molar-refractivity contribution in [3.05, 3.63) is 36.3 Å². The fourth-order valence-electron chi connectivity index (χ4n) is 3.82. The van der Waals surface area contributed by atoms with E-state index in [-0.39, 0.29) is 17.8 Å². The molecule has 0 atom stereocenters. The molecule has 0 radical (unpaired) electrons. The number of ether oxygens (including phenoxy) is 1. The molecule has 0 aliphatic carbocycles. The number of halogens is 1. The van der Waals surface area contributed by atoms with Crippen molar-refractivity contribution in [1.82, 2.24) is 14.8 Å². The SMILES string of the molecule is O=C(CN1CCC(Oc2cccc3ncc(F)cc23)CC1)N1CCCC1. The first-order valence-electron chi connectivity index (χ1n) is 9.40. The smallest absolute Gasteiger partial charge is 0.236 e. The molecule has 0 unspecified atom stereocenters. The minimum absolute atomic E-state index is 0.0852. The van der Waals surface area contributed by atoms with Gasteiger partial charge in [-0.2, -0.15) is 0 Å². The third-order valence-corrected chi connectivity index (χ3v) is 5.30. The van der Waals surface area contributed by atoms with Gasteiger partial charge in [-0.3, -0.25) is 14.7 Å². The van der Waals surface area contributed by atoms with Crippen LogP contribution in [0.5, 0.6) is 5.75 Å². The summed E-state index contributed by atoms with van der Waals surface area (Å²) in [6.07, 6.45) is 5.30. The van der Waals surface area contributed by atoms with E-state index in [0.717, 1.165) is 57.4 Å². The van der Waals surface area contributed by atoms with Crippen LogP contribution < -0.4 is 4.74 Å². The zero-order chi connectivity index (χ0) is 17.9. The monoisotopic (exact) mass is 357 g/mol. The maximum Gasteiger partial charge on any atom is 0.236 e. The van der Waals surface area contributed by atoms with E-state index in [2.05, 4.69) is 9.88 Å². The van der Waals surface area contributed by atoms with Gasteiger partial charge in [0.2, 0.25) is 5.91 Å². The lowest BCUT2D eigenvalue weighted by Crippen LogP contribution is -2.44. The van der Waals surface area contributed by atoms with Crippen LogP contribution >= 0.6 is 0 Å². The largest absolute Gasteiger partial charge is 0.490 e. The van der Waals surface area contributed by atoms with Gasteiger partial charge in [0.1, 0.15) is 17.7 Å². The predicted molar refractivity (Wildman–Crippen MR) is 97.6 cm³/mol. The van der Waals surface area contributed by atoms with Crippen LogP contribution in [0.15, 0.2) is 30.5 Å². The first-order valence-corrected chi connectivity index (χ1v) is 9.40. The van der Waals surface area contributed by atoms with Gasteiger partial charge in [-0.15, -0.1) is 0 Å². The summed E-state index contributed by atoms with van der Waals surface area (Å²) in [7, 11) is 0. The van der Waals surface area contributed by atoms with Crippen LogP contribution in [-0.4, -0.2) is 59.5 Å². The summed E-state index contributed by atoms with van der Waals surface area (Å²) >= 11 is 0. The number of aromatic nitrogens is 1. The Morgan fingerprint density at radius 1 is 1.19 bits per heavy atom. The third-order valence-electron chi connectivity index (χ3n) is 5.30. The number of piperidine rings is 1. The summed E-state index contributed by atoms with van der Waals surface area (Å²) in [5, 5.41) is 0.708. The van der Waals surface area contributed by atoms with Crippen molar-refractivity contribution in [3.8, 4) is 5.75 Å². The molecule has 2 saturated heterocycles. The van der Waals surface area contributed by atoms with Crippen molar-refractivity contribution in [1.29, 1.82) is 0 Å². The van der Waals surface area contributed by atoms with Crippen LogP contribution in [-0.2, 0) is 4.79 Å². The minimum atomic E-state index is -0.358. The van der Waals surface area contributed by atoms with Crippen molar-refractivity contribution in [2.75, 3.05) is 32.7 Å². The molecule has 0 N–H and O–H groups in total. The van der Waals surface area contributed by atoms with Gasteiger partial charge in [-0.25, -0.2) is 4.39 Å². The van der Waals surface area contributed by atoms with Crippen LogP contribution in [0.25, 0.3) is 10.9 Å². The number of hydrogen-bond acceptors (Lipinski definition) is 4. The average Bonchev–Trinajstić information content (AvgIpc) is 3.19. The number of nitrogens with zero attached hydrogens (tertiary/aromatic N) is 3. The Morgan fingerprint density at radius 3 is 2.73 bits per heavy atom. The molecular weight excluding hydrogens is 333 g/mol. The second-order valence-electron chi connectivity index (χ2n) is 7.16. The Labute approximate surface area is 152 Å². The van der Waals surface area contributed by atoms with Crippen LogP contribution in [0, 0.1) is 5.82 Å². The Morgan fingerprint density at radius 2 is 1.96 bits per heavy atom. The van der Waals surface area contributed by atoms with E-state index in [1.54, 1.807) is 0 Å². The maximum absolute atomic E-state index is 13.5. The standard InChI is InChI=1S/C20H24FN3O2/c21-15-12-17-18(22-13-15)4-3-5-19(17)26-16-6-10-23(11-7-16)14-20(25)24-8-1-2-9-24/h3-5,12-13,16H,1-2,6-11,14H2. The number of carbonyl (C=O) groups excluding carboxylic acids is 1. The van der Waals surface area contributed by atoms with Crippen LogP contribution in [0.1, 0.15) is 25.7 Å². The number of fused-ring (bicyclic) bond motifs is 1. The second-order valence-corrected chi connectivity index (χ2v) is 7.16. The van der Waals surface area contributed by atoms with E-state index in [1.807, 2.05) is 23.1 Å². The van der Waals surface area contributed by atoms with Gasteiger partial charge in [0.15, 0.2) is 0 Å². The molecule has 1 aromatic carbocycles. The molecule has 26 heavy (non-hydrogen) atoms. The quantitative estimate of drug-likeness (QED) is 0.844. The summed E-state index contributed by atoms with van der Waals surface area (Å²) in [5.74, 6) is 0.572. The van der Waals surface area contributed by atoms with Gasteiger partial charge < -0.3 is 9.64 Å². The molecule has 0 spiro atoms. The molecule has 0 bridgehead atoms. The van der Waals surface area contributed by atoms with Crippen LogP contribution in [0.2, 0.25) is 0 Å². The summed E-state index contributed by atoms with van der Waals surface area (Å²) in [5.41, 5.74) is 0.734. The number of pyridine rings is 1. The zero-order valence-corrected chi connectivity index (χ0v) is 14.9. The summed E-state index contributed by atoms with van der Waals surface area (Å²) in [6, 6.07) is 7.08. The van der Waals surface area contributed by atoms with E-state index >= 15 is 0 Å². The lowest BCUT2D eigenvalue weighted by Gasteiger charge is -2.32. The lowest BCUT2D eigenvalue weighted by molar-refractivity contribution is -0.131. The molecule has 1 aromatic heterocycles. The van der Waals surface area contributed by atoms with Gasteiger partial charge in [-0.1, -0.05) is 6.07 Å². The summed E-state index contributed by atoms with van der Waals surface area (Å²) in [4.78, 5) is 20.6. The van der Waals surface area contributed by atoms with Crippen LogP contribution in [0.4, 0.5) is 4.39 Å². The van der Waals surface area contributed by atoms with Crippen molar-refractivity contribution < 1.29 is 13.9 Å². The molecule has 2 fully saturated rings. The van der Waals surface area contributed by atoms with Gasteiger partial charge in [0.05, 0.1) is 18.3 Å². The normalized spacial score (nSPS) is 19.2. The Hall–Kier alpha value is -2.21. The van der Waals surface area contributed by atoms with E-state index in [9.17, 15) is 9.18 Å². The highest BCUT2D eigenvalue weighted by Gasteiger charge is 2.25. The lowest BCUT2D eigenvalue weighted by atomic mass is 10.1. The number of rotatable bonds is 4. The highest BCUT2D eigenvalue weighted by molar-refractivity contribution is 5.84. The van der Waals surface area contributed by atoms with E-state index in [1.165, 1.54) is 12.3 Å². The third kappa shape index (κ3) is 3.80. The van der Waals surface area contributed by atoms with E-state index in [4.69, 9.17) is 4.74 Å². The van der Waals surface area contributed by atoms with Crippen LogP contribution in [0.3, 0.4) is 0 Å². The van der Waals surface area contributed by atoms with Crippen molar-refractivity contribution >= 4 is 16.8 Å². The Bertz CT molecular complexity index is 784. The number of benzene rings is 1. The average molecular weight is 357 g/mol. The number of amides is 1. The fourth-order valence-corrected chi connectivity index (χ4v) is 3.82. The first-order chi connectivity index (χ1) is 12.7. The molecule has 2 aromatic rings. The highest BCUT2D eigenvalue weighted by Crippen LogP contribution is 2.27. The molecular formula is C20H24FN3O2. The molecule has 2 aliphatic heterocycles. The molecule has 4 rings (SSSR count). The Kier molecular flexibility index (Phi) is 5.02. The fraction of sp³-hybridized carbons (Fsp3) is 0.500. The van der Waals surface area contributed by atoms with E-state index in [0.29, 0.717) is 17.7 Å². The highest BCUT2D eigenvalue weighted by atomic mass is 19.1. The first kappa shape index (κ1) is 17.2. The molecule has 0 saturated carbocycles. The number of hydrogen-bond donors (Lipinski definition) is 0. The number of likely N-dealkylation sites (tertiary alicyclic amines) is 2. The maximum atomic E-state index is 13.5. The van der Waals surface area contributed by atoms with Gasteiger partial charge in [0.25, 0.3) is 0 Å². The van der Waals surface area contributed by atoms with Gasteiger partial charge in [0, 0.05) is 31.6 Å². The van der Waals surface area contributed by atoms with Crippen molar-refractivity contribution in [2.24, 2.45) is 0 Å². The topological polar surface area (TPSA) is 45.7 Å². The Balaban J connectivity index is 1.34. The van der Waals surface area contributed by atoms with Crippen molar-refractivity contribution in [3.63, 3.8) is 0 Å². The molecule has 138 valence electrons. The number of carbonyl (C=O) groups is 1. The molecule has 3 heterocycles. The minimum Gasteiger partial charge on any atom is -0.490 e. The zero-order valence-electron chi connectivity index (χ0n) is 14.9.